The normalized spacial score (nSPS) is 15.1. The molecular formula is C26H21BrN2O9. The van der Waals surface area contributed by atoms with Crippen molar-refractivity contribution < 1.29 is 42.5 Å². The van der Waals surface area contributed by atoms with Crippen LogP contribution in [0.15, 0.2) is 57.1 Å². The summed E-state index contributed by atoms with van der Waals surface area (Å²) in [6.07, 6.45) is 1.52. The number of fused-ring (bicyclic) bond motifs is 1. The first kappa shape index (κ1) is 25.2. The lowest BCUT2D eigenvalue weighted by Crippen LogP contribution is -2.30. The van der Waals surface area contributed by atoms with Crippen LogP contribution in [0.25, 0.3) is 6.08 Å². The third-order valence-corrected chi connectivity index (χ3v) is 6.43. The van der Waals surface area contributed by atoms with Crippen LogP contribution in [-0.4, -0.2) is 43.8 Å². The van der Waals surface area contributed by atoms with Gasteiger partial charge in [-0.2, -0.15) is 0 Å². The standard InChI is InChI=1S/C26H21BrN2O9/c1-33-21-9-15(17(27)10-23(21)35-12-14-3-5-19-22(7-14)37-13-36-19)8-18-24(30)29(26(32)28-18)11-16-4-6-20(38-16)25(31)34-2/h3-10H,11-13H2,1-2H3,(H,28,32)/b18-8-. The number of hydrogen-bond acceptors (Lipinski definition) is 9. The predicted molar refractivity (Wildman–Crippen MR) is 135 cm³/mol. The number of amides is 3. The summed E-state index contributed by atoms with van der Waals surface area (Å²) in [5, 5.41) is 2.56. The smallest absolute Gasteiger partial charge is 0.373 e. The minimum atomic E-state index is -0.656. The second kappa shape index (κ2) is 10.5. The molecule has 5 rings (SSSR count). The Kier molecular flexibility index (Phi) is 6.97. The van der Waals surface area contributed by atoms with Gasteiger partial charge >= 0.3 is 12.0 Å². The molecule has 3 aromatic rings. The van der Waals surface area contributed by atoms with Crippen molar-refractivity contribution in [1.29, 1.82) is 0 Å². The van der Waals surface area contributed by atoms with Crippen LogP contribution < -0.4 is 24.3 Å². The molecular weight excluding hydrogens is 564 g/mol. The molecule has 2 aromatic carbocycles. The van der Waals surface area contributed by atoms with E-state index in [2.05, 4.69) is 26.0 Å². The van der Waals surface area contributed by atoms with Gasteiger partial charge < -0.3 is 33.4 Å². The van der Waals surface area contributed by atoms with E-state index in [9.17, 15) is 14.4 Å². The number of halogens is 1. The first-order valence-corrected chi connectivity index (χ1v) is 12.1. The van der Waals surface area contributed by atoms with E-state index in [4.69, 9.17) is 23.4 Å². The summed E-state index contributed by atoms with van der Waals surface area (Å²) in [5.74, 6) is 1.27. The maximum atomic E-state index is 12.9. The molecule has 0 bridgehead atoms. The van der Waals surface area contributed by atoms with Gasteiger partial charge in [0.25, 0.3) is 5.91 Å². The molecule has 0 atom stereocenters. The van der Waals surface area contributed by atoms with Gasteiger partial charge in [0.1, 0.15) is 18.1 Å². The number of nitrogens with one attached hydrogen (secondary N) is 1. The van der Waals surface area contributed by atoms with Gasteiger partial charge in [0.05, 0.1) is 20.8 Å². The van der Waals surface area contributed by atoms with E-state index < -0.39 is 17.9 Å². The summed E-state index contributed by atoms with van der Waals surface area (Å²) < 4.78 is 32.8. The number of methoxy groups -OCH3 is 2. The number of imide groups is 1. The summed E-state index contributed by atoms with van der Waals surface area (Å²) in [5.41, 5.74) is 1.52. The Labute approximate surface area is 225 Å². The quantitative estimate of drug-likeness (QED) is 0.235. The van der Waals surface area contributed by atoms with E-state index in [1.807, 2.05) is 18.2 Å². The van der Waals surface area contributed by atoms with Crippen molar-refractivity contribution >= 4 is 39.9 Å². The fourth-order valence-corrected chi connectivity index (χ4v) is 4.26. The number of ether oxygens (including phenoxy) is 5. The molecule has 196 valence electrons. The molecule has 38 heavy (non-hydrogen) atoms. The molecule has 1 N–H and O–H groups in total. The fourth-order valence-electron chi connectivity index (χ4n) is 3.83. The molecule has 1 saturated heterocycles. The Morgan fingerprint density at radius 2 is 1.89 bits per heavy atom. The van der Waals surface area contributed by atoms with Crippen molar-refractivity contribution in [2.24, 2.45) is 0 Å². The minimum Gasteiger partial charge on any atom is -0.493 e. The molecule has 1 fully saturated rings. The van der Waals surface area contributed by atoms with Crippen LogP contribution in [-0.2, 0) is 22.7 Å². The average molecular weight is 585 g/mol. The van der Waals surface area contributed by atoms with Crippen molar-refractivity contribution in [2.75, 3.05) is 21.0 Å². The molecule has 1 aromatic heterocycles. The Balaban J connectivity index is 1.31. The van der Waals surface area contributed by atoms with E-state index in [0.717, 1.165) is 10.5 Å². The van der Waals surface area contributed by atoms with Crippen LogP contribution in [0.4, 0.5) is 4.79 Å². The number of nitrogens with zero attached hydrogens (tertiary/aromatic N) is 1. The van der Waals surface area contributed by atoms with Gasteiger partial charge in [0.15, 0.2) is 23.0 Å². The molecule has 0 aliphatic carbocycles. The third-order valence-electron chi connectivity index (χ3n) is 5.74. The summed E-state index contributed by atoms with van der Waals surface area (Å²) in [6.45, 7) is 0.293. The SMILES string of the molecule is COC(=O)c1ccc(CN2C(=O)N/C(=C\c3cc(OC)c(OCc4ccc5c(c4)OCO5)cc3Br)C2=O)o1. The van der Waals surface area contributed by atoms with Gasteiger partial charge in [-0.25, -0.2) is 9.59 Å². The average Bonchev–Trinajstić information content (AvgIpc) is 3.64. The Morgan fingerprint density at radius 1 is 1.08 bits per heavy atom. The molecule has 0 saturated carbocycles. The van der Waals surface area contributed by atoms with E-state index in [1.165, 1.54) is 32.4 Å². The van der Waals surface area contributed by atoms with Gasteiger partial charge in [-0.15, -0.1) is 0 Å². The molecule has 3 amide bonds. The zero-order valence-electron chi connectivity index (χ0n) is 20.2. The number of esters is 1. The number of hydrogen-bond donors (Lipinski definition) is 1. The second-order valence-corrected chi connectivity index (χ2v) is 8.99. The van der Waals surface area contributed by atoms with E-state index in [-0.39, 0.29) is 37.2 Å². The molecule has 2 aliphatic heterocycles. The van der Waals surface area contributed by atoms with Crippen LogP contribution in [0.5, 0.6) is 23.0 Å². The lowest BCUT2D eigenvalue weighted by molar-refractivity contribution is -0.123. The first-order valence-electron chi connectivity index (χ1n) is 11.3. The van der Waals surface area contributed by atoms with Crippen LogP contribution in [0.2, 0.25) is 0 Å². The number of carbonyl (C=O) groups is 3. The lowest BCUT2D eigenvalue weighted by atomic mass is 10.1. The number of benzene rings is 2. The number of carbonyl (C=O) groups excluding carboxylic acids is 3. The van der Waals surface area contributed by atoms with Crippen LogP contribution >= 0.6 is 15.9 Å². The highest BCUT2D eigenvalue weighted by Gasteiger charge is 2.34. The number of furan rings is 1. The zero-order valence-corrected chi connectivity index (χ0v) is 21.8. The Hall–Kier alpha value is -4.45. The second-order valence-electron chi connectivity index (χ2n) is 8.14. The molecule has 0 unspecified atom stereocenters. The van der Waals surface area contributed by atoms with Crippen molar-refractivity contribution in [3.8, 4) is 23.0 Å². The molecule has 2 aliphatic rings. The van der Waals surface area contributed by atoms with E-state index in [1.54, 1.807) is 12.1 Å². The predicted octanol–water partition coefficient (Wildman–Crippen LogP) is 4.24. The van der Waals surface area contributed by atoms with Gasteiger partial charge in [0.2, 0.25) is 12.6 Å². The maximum Gasteiger partial charge on any atom is 0.373 e. The molecule has 0 radical (unpaired) electrons. The van der Waals surface area contributed by atoms with Crippen LogP contribution in [0.1, 0.15) is 27.4 Å². The lowest BCUT2D eigenvalue weighted by Gasteiger charge is -2.13. The highest BCUT2D eigenvalue weighted by molar-refractivity contribution is 9.10. The summed E-state index contributed by atoms with van der Waals surface area (Å²) in [4.78, 5) is 38.0. The molecule has 11 nitrogen and oxygen atoms in total. The Morgan fingerprint density at radius 3 is 2.68 bits per heavy atom. The molecule has 0 spiro atoms. The van der Waals surface area contributed by atoms with E-state index >= 15 is 0 Å². The van der Waals surface area contributed by atoms with E-state index in [0.29, 0.717) is 33.0 Å². The summed E-state index contributed by atoms with van der Waals surface area (Å²) in [7, 11) is 2.73. The zero-order chi connectivity index (χ0) is 26.8. The van der Waals surface area contributed by atoms with Gasteiger partial charge in [-0.3, -0.25) is 9.69 Å². The summed E-state index contributed by atoms with van der Waals surface area (Å²) in [6, 6.07) is 11.2. The minimum absolute atomic E-state index is 0.0258. The van der Waals surface area contributed by atoms with Crippen LogP contribution in [0.3, 0.4) is 0 Å². The monoisotopic (exact) mass is 584 g/mol. The van der Waals surface area contributed by atoms with Crippen molar-refractivity contribution in [1.82, 2.24) is 10.2 Å². The summed E-state index contributed by atoms with van der Waals surface area (Å²) >= 11 is 3.50. The largest absolute Gasteiger partial charge is 0.493 e. The highest BCUT2D eigenvalue weighted by Crippen LogP contribution is 2.37. The topological polar surface area (TPSA) is 126 Å². The molecule has 3 heterocycles. The first-order chi connectivity index (χ1) is 18.4. The van der Waals surface area contributed by atoms with Crippen molar-refractivity contribution in [3.05, 3.63) is 75.3 Å². The van der Waals surface area contributed by atoms with Crippen molar-refractivity contribution in [3.63, 3.8) is 0 Å². The van der Waals surface area contributed by atoms with Crippen LogP contribution in [0, 0.1) is 0 Å². The van der Waals surface area contributed by atoms with Crippen molar-refractivity contribution in [2.45, 2.75) is 13.2 Å². The number of urea groups is 1. The van der Waals surface area contributed by atoms with Gasteiger partial charge in [-0.1, -0.05) is 22.0 Å². The number of rotatable bonds is 8. The maximum absolute atomic E-state index is 12.9. The fraction of sp³-hybridized carbons (Fsp3) is 0.192. The van der Waals surface area contributed by atoms with Gasteiger partial charge in [0, 0.05) is 4.47 Å². The Bertz CT molecular complexity index is 1460. The third kappa shape index (κ3) is 5.02. The van der Waals surface area contributed by atoms with Gasteiger partial charge in [-0.05, 0) is 53.6 Å². The molecule has 12 heteroatoms. The highest BCUT2D eigenvalue weighted by atomic mass is 79.9.